The monoisotopic (exact) mass is 350 g/mol. The molecule has 0 fully saturated rings. The van der Waals surface area contributed by atoms with Crippen molar-refractivity contribution in [1.29, 1.82) is 0 Å². The van der Waals surface area contributed by atoms with Crippen LogP contribution in [0.3, 0.4) is 0 Å². The van der Waals surface area contributed by atoms with Crippen LogP contribution in [0.25, 0.3) is 0 Å². The van der Waals surface area contributed by atoms with Gasteiger partial charge in [-0.2, -0.15) is 0 Å². The molecule has 6 heteroatoms. The Kier molecular flexibility index (Phi) is 10.3. The van der Waals surface area contributed by atoms with Crippen molar-refractivity contribution >= 4 is 33.5 Å². The molecule has 0 aliphatic heterocycles. The fourth-order valence-electron chi connectivity index (χ4n) is 1.13. The predicted molar refractivity (Wildman–Crippen MR) is 95.0 cm³/mol. The predicted octanol–water partition coefficient (Wildman–Crippen LogP) is 4.33. The summed E-state index contributed by atoms with van der Waals surface area (Å²) in [6.07, 6.45) is 1.54. The van der Waals surface area contributed by atoms with E-state index in [4.69, 9.17) is 9.47 Å². The Labute approximate surface area is 142 Å². The number of hydrogen-bond acceptors (Lipinski definition) is 6. The Morgan fingerprint density at radius 2 is 1.09 bits per heavy atom. The molecule has 0 spiro atoms. The van der Waals surface area contributed by atoms with E-state index in [0.717, 1.165) is 24.3 Å². The largest absolute Gasteiger partial charge is 0.464 e. The van der Waals surface area contributed by atoms with Crippen molar-refractivity contribution in [1.82, 2.24) is 0 Å². The summed E-state index contributed by atoms with van der Waals surface area (Å²) < 4.78 is 10.5. The molecule has 0 bridgehead atoms. The van der Waals surface area contributed by atoms with Gasteiger partial charge in [-0.15, -0.1) is 0 Å². The Bertz CT molecular complexity index is 320. The Hall–Kier alpha value is -0.360. The first-order chi connectivity index (χ1) is 10.2. The highest BCUT2D eigenvalue weighted by Crippen LogP contribution is 2.24. The second-order valence-corrected chi connectivity index (χ2v) is 9.09. The molecule has 0 radical (unpaired) electrons. The molecule has 0 saturated heterocycles. The molecule has 0 heterocycles. The lowest BCUT2D eigenvalue weighted by Crippen LogP contribution is -2.26. The summed E-state index contributed by atoms with van der Waals surface area (Å²) in [5.74, 6) is 1.20. The number of carbonyl (C=O) groups excluding carboxylic acids is 2. The molecule has 0 rings (SSSR count). The summed E-state index contributed by atoms with van der Waals surface area (Å²) in [5.41, 5.74) is -0.809. The topological polar surface area (TPSA) is 52.6 Å². The van der Waals surface area contributed by atoms with Crippen LogP contribution in [-0.4, -0.2) is 36.7 Å². The molecule has 130 valence electrons. The summed E-state index contributed by atoms with van der Waals surface area (Å²) in [4.78, 5) is 23.5. The van der Waals surface area contributed by atoms with Gasteiger partial charge in [-0.1, -0.05) is 35.4 Å². The lowest BCUT2D eigenvalue weighted by Gasteiger charge is -2.20. The fraction of sp³-hybridized carbons (Fsp3) is 0.875. The van der Waals surface area contributed by atoms with Gasteiger partial charge in [0.2, 0.25) is 0 Å². The number of esters is 2. The molecule has 0 N–H and O–H groups in total. The van der Waals surface area contributed by atoms with E-state index in [-0.39, 0.29) is 11.9 Å². The third kappa shape index (κ3) is 8.32. The number of ether oxygens (including phenoxy) is 2. The van der Waals surface area contributed by atoms with Crippen LogP contribution in [0.1, 0.15) is 54.4 Å². The second-order valence-electron chi connectivity index (χ2n) is 6.39. The van der Waals surface area contributed by atoms with Gasteiger partial charge in [0.05, 0.1) is 10.8 Å². The minimum atomic E-state index is -0.405. The van der Waals surface area contributed by atoms with E-state index >= 15 is 0 Å². The zero-order chi connectivity index (χ0) is 17.2. The van der Waals surface area contributed by atoms with Gasteiger partial charge < -0.3 is 9.47 Å². The van der Waals surface area contributed by atoms with E-state index in [1.165, 1.54) is 0 Å². The van der Waals surface area contributed by atoms with Crippen LogP contribution in [-0.2, 0) is 19.1 Å². The van der Waals surface area contributed by atoms with Crippen molar-refractivity contribution in [3.63, 3.8) is 0 Å². The van der Waals surface area contributed by atoms with Crippen molar-refractivity contribution in [2.24, 2.45) is 10.8 Å². The SMILES string of the molecule is CCC(C)(C)C(=O)OCCSSCCOC(=O)C(C)(C)CC. The Balaban J connectivity index is 3.60. The summed E-state index contributed by atoms with van der Waals surface area (Å²) >= 11 is 0. The first-order valence-electron chi connectivity index (χ1n) is 7.76. The molecule has 0 aliphatic rings. The molecule has 0 unspecified atom stereocenters. The quantitative estimate of drug-likeness (QED) is 0.314. The van der Waals surface area contributed by atoms with E-state index < -0.39 is 10.8 Å². The molecule has 0 aromatic heterocycles. The average molecular weight is 351 g/mol. The van der Waals surface area contributed by atoms with E-state index in [1.807, 2.05) is 41.5 Å². The number of hydrogen-bond donors (Lipinski definition) is 0. The lowest BCUT2D eigenvalue weighted by atomic mass is 9.91. The van der Waals surface area contributed by atoms with Crippen molar-refractivity contribution in [2.75, 3.05) is 24.7 Å². The maximum atomic E-state index is 11.7. The van der Waals surface area contributed by atoms with E-state index in [0.29, 0.717) is 13.2 Å². The molecule has 0 atom stereocenters. The molecule has 4 nitrogen and oxygen atoms in total. The molecular formula is C16H30O4S2. The van der Waals surface area contributed by atoms with Crippen molar-refractivity contribution in [2.45, 2.75) is 54.4 Å². The van der Waals surface area contributed by atoms with Crippen molar-refractivity contribution in [3.8, 4) is 0 Å². The van der Waals surface area contributed by atoms with Crippen LogP contribution in [0.2, 0.25) is 0 Å². The van der Waals surface area contributed by atoms with Crippen molar-refractivity contribution < 1.29 is 19.1 Å². The van der Waals surface area contributed by atoms with Gasteiger partial charge in [-0.25, -0.2) is 0 Å². The first kappa shape index (κ1) is 21.6. The molecule has 0 aliphatic carbocycles. The summed E-state index contributed by atoms with van der Waals surface area (Å²) in [6, 6.07) is 0. The zero-order valence-corrected chi connectivity index (χ0v) is 16.3. The van der Waals surface area contributed by atoms with E-state index in [2.05, 4.69) is 0 Å². The van der Waals surface area contributed by atoms with Gasteiger partial charge in [-0.05, 0) is 40.5 Å². The van der Waals surface area contributed by atoms with Gasteiger partial charge in [0.1, 0.15) is 13.2 Å². The van der Waals surface area contributed by atoms with Crippen LogP contribution in [0.5, 0.6) is 0 Å². The maximum Gasteiger partial charge on any atom is 0.311 e. The van der Waals surface area contributed by atoms with Crippen LogP contribution in [0, 0.1) is 10.8 Å². The fourth-order valence-corrected chi connectivity index (χ4v) is 2.79. The minimum absolute atomic E-state index is 0.142. The number of carbonyl (C=O) groups is 2. The third-order valence-corrected chi connectivity index (χ3v) is 6.09. The third-order valence-electron chi connectivity index (χ3n) is 3.76. The van der Waals surface area contributed by atoms with Gasteiger partial charge in [0, 0.05) is 11.5 Å². The standard InChI is InChI=1S/C16H30O4S2/c1-7-15(3,4)13(17)19-9-11-21-22-12-10-20-14(18)16(5,6)8-2/h7-12H2,1-6H3. The average Bonchev–Trinajstić information content (AvgIpc) is 2.49. The summed E-state index contributed by atoms with van der Waals surface area (Å²) in [7, 11) is 3.25. The molecule has 22 heavy (non-hydrogen) atoms. The first-order valence-corrected chi connectivity index (χ1v) is 10.2. The van der Waals surface area contributed by atoms with Crippen LogP contribution < -0.4 is 0 Å². The van der Waals surface area contributed by atoms with Crippen molar-refractivity contribution in [3.05, 3.63) is 0 Å². The molecule has 0 aromatic carbocycles. The Morgan fingerprint density at radius 1 is 0.773 bits per heavy atom. The normalized spacial score (nSPS) is 12.1. The smallest absolute Gasteiger partial charge is 0.311 e. The summed E-state index contributed by atoms with van der Waals surface area (Å²) in [6.45, 7) is 12.4. The second kappa shape index (κ2) is 10.4. The zero-order valence-electron chi connectivity index (χ0n) is 14.7. The molecular weight excluding hydrogens is 320 g/mol. The lowest BCUT2D eigenvalue weighted by molar-refractivity contribution is -0.154. The molecule has 0 amide bonds. The summed E-state index contributed by atoms with van der Waals surface area (Å²) in [5, 5.41) is 0. The Morgan fingerprint density at radius 3 is 1.36 bits per heavy atom. The van der Waals surface area contributed by atoms with Crippen LogP contribution in [0.15, 0.2) is 0 Å². The molecule has 0 saturated carbocycles. The minimum Gasteiger partial charge on any atom is -0.464 e. The number of rotatable bonds is 11. The van der Waals surface area contributed by atoms with Crippen LogP contribution in [0.4, 0.5) is 0 Å². The maximum absolute atomic E-state index is 11.7. The van der Waals surface area contributed by atoms with Gasteiger partial charge in [0.25, 0.3) is 0 Å². The van der Waals surface area contributed by atoms with Crippen LogP contribution >= 0.6 is 21.6 Å². The van der Waals surface area contributed by atoms with Gasteiger partial charge >= 0.3 is 11.9 Å². The van der Waals surface area contributed by atoms with E-state index in [9.17, 15) is 9.59 Å². The highest BCUT2D eigenvalue weighted by Gasteiger charge is 2.27. The highest BCUT2D eigenvalue weighted by molar-refractivity contribution is 8.76. The highest BCUT2D eigenvalue weighted by atomic mass is 33.1. The van der Waals surface area contributed by atoms with E-state index in [1.54, 1.807) is 21.6 Å². The van der Waals surface area contributed by atoms with Gasteiger partial charge in [0.15, 0.2) is 0 Å². The molecule has 0 aromatic rings. The van der Waals surface area contributed by atoms with Gasteiger partial charge in [-0.3, -0.25) is 9.59 Å².